The molecule has 2 aliphatic heterocycles. The van der Waals surface area contributed by atoms with Crippen LogP contribution in [0.25, 0.3) is 0 Å². The number of hydrogen-bond acceptors (Lipinski definition) is 7. The Morgan fingerprint density at radius 2 is 1.70 bits per heavy atom. The van der Waals surface area contributed by atoms with E-state index in [-0.39, 0.29) is 16.0 Å². The van der Waals surface area contributed by atoms with E-state index in [9.17, 15) is 16.8 Å². The molecule has 3 rings (SSSR count). The third-order valence-electron chi connectivity index (χ3n) is 5.39. The number of piperazine rings is 1. The van der Waals surface area contributed by atoms with Gasteiger partial charge in [0.15, 0.2) is 14.9 Å². The molecule has 1 unspecified atom stereocenters. The molecular formula is C17H28N4O4S2. The minimum absolute atomic E-state index is 0.0499. The maximum absolute atomic E-state index is 13.1. The summed E-state index contributed by atoms with van der Waals surface area (Å²) in [5, 5.41) is -0.118. The second-order valence-corrected chi connectivity index (χ2v) is 11.4. The van der Waals surface area contributed by atoms with Gasteiger partial charge >= 0.3 is 0 Å². The summed E-state index contributed by atoms with van der Waals surface area (Å²) >= 11 is 0. The topological polar surface area (TPSA) is 90.9 Å². The molecule has 2 saturated heterocycles. The van der Waals surface area contributed by atoms with Gasteiger partial charge in [-0.25, -0.2) is 21.8 Å². The Kier molecular flexibility index (Phi) is 6.21. The highest BCUT2D eigenvalue weighted by Gasteiger charge is 2.32. The second-order valence-electron chi connectivity index (χ2n) is 7.46. The van der Waals surface area contributed by atoms with E-state index < -0.39 is 19.9 Å². The van der Waals surface area contributed by atoms with Crippen molar-refractivity contribution in [2.45, 2.75) is 35.2 Å². The first-order valence-corrected chi connectivity index (χ1v) is 12.6. The van der Waals surface area contributed by atoms with Crippen LogP contribution in [0.5, 0.6) is 0 Å². The quantitative estimate of drug-likeness (QED) is 0.696. The molecule has 0 saturated carbocycles. The van der Waals surface area contributed by atoms with Crippen molar-refractivity contribution in [2.75, 3.05) is 52.6 Å². The summed E-state index contributed by atoms with van der Waals surface area (Å²) in [5.41, 5.74) is 0. The van der Waals surface area contributed by atoms with Crippen molar-refractivity contribution in [1.29, 1.82) is 0 Å². The van der Waals surface area contributed by atoms with Gasteiger partial charge in [0.25, 0.3) is 0 Å². The van der Waals surface area contributed by atoms with Crippen molar-refractivity contribution in [3.05, 3.63) is 18.3 Å². The summed E-state index contributed by atoms with van der Waals surface area (Å²) in [6.07, 6.45) is 5.05. The Bertz CT molecular complexity index is 847. The van der Waals surface area contributed by atoms with Crippen molar-refractivity contribution in [3.63, 3.8) is 0 Å². The van der Waals surface area contributed by atoms with E-state index in [0.717, 1.165) is 57.9 Å². The highest BCUT2D eigenvalue weighted by Crippen LogP contribution is 2.23. The van der Waals surface area contributed by atoms with Gasteiger partial charge in [-0.2, -0.15) is 4.31 Å². The van der Waals surface area contributed by atoms with E-state index in [4.69, 9.17) is 0 Å². The molecule has 1 atom stereocenters. The van der Waals surface area contributed by atoms with Crippen molar-refractivity contribution in [2.24, 2.45) is 0 Å². The van der Waals surface area contributed by atoms with Gasteiger partial charge in [0.2, 0.25) is 10.0 Å². The number of rotatable bonds is 4. The number of hydrogen-bond donors (Lipinski definition) is 0. The zero-order valence-corrected chi connectivity index (χ0v) is 17.5. The van der Waals surface area contributed by atoms with Crippen LogP contribution in [0.15, 0.2) is 28.3 Å². The molecule has 152 valence electrons. The fourth-order valence-electron chi connectivity index (χ4n) is 3.68. The third kappa shape index (κ3) is 4.86. The standard InChI is InChI=1S/C17H28N4O4S2/c1-19-9-11-20(12-10-19)15-5-3-4-8-21(14-15)27(24,25)16-6-7-17(18-13-16)26(2,22)23/h6-7,13,15H,3-5,8-12,14H2,1-2H3. The minimum Gasteiger partial charge on any atom is -0.304 e. The maximum Gasteiger partial charge on any atom is 0.244 e. The molecule has 0 spiro atoms. The Hall–Kier alpha value is -1.07. The first-order valence-electron chi connectivity index (χ1n) is 9.27. The molecule has 1 aromatic heterocycles. The molecule has 0 radical (unpaired) electrons. The lowest BCUT2D eigenvalue weighted by Gasteiger charge is -2.38. The van der Waals surface area contributed by atoms with Crippen LogP contribution in [0.1, 0.15) is 19.3 Å². The maximum atomic E-state index is 13.1. The van der Waals surface area contributed by atoms with Gasteiger partial charge < -0.3 is 4.90 Å². The SMILES string of the molecule is CN1CCN(C2CCCCN(S(=O)(=O)c3ccc(S(C)(=O)=O)nc3)C2)CC1. The fraction of sp³-hybridized carbons (Fsp3) is 0.706. The molecule has 0 aromatic carbocycles. The number of aromatic nitrogens is 1. The molecule has 1 aromatic rings. The molecule has 8 nitrogen and oxygen atoms in total. The number of sulfonamides is 1. The molecule has 2 fully saturated rings. The van der Waals surface area contributed by atoms with E-state index in [1.54, 1.807) is 4.31 Å². The fourth-order valence-corrected chi connectivity index (χ4v) is 5.70. The van der Waals surface area contributed by atoms with Crippen LogP contribution < -0.4 is 0 Å². The summed E-state index contributed by atoms with van der Waals surface area (Å²) in [4.78, 5) is 8.58. The Morgan fingerprint density at radius 1 is 1.00 bits per heavy atom. The zero-order valence-electron chi connectivity index (χ0n) is 15.9. The van der Waals surface area contributed by atoms with Crippen molar-refractivity contribution in [3.8, 4) is 0 Å². The lowest BCUT2D eigenvalue weighted by molar-refractivity contribution is 0.100. The predicted molar refractivity (Wildman–Crippen MR) is 103 cm³/mol. The van der Waals surface area contributed by atoms with Gasteiger partial charge in [-0.15, -0.1) is 0 Å². The summed E-state index contributed by atoms with van der Waals surface area (Å²) in [6.45, 7) is 4.87. The summed E-state index contributed by atoms with van der Waals surface area (Å²) in [5.74, 6) is 0. The largest absolute Gasteiger partial charge is 0.304 e. The Labute approximate surface area is 162 Å². The molecule has 2 aliphatic rings. The van der Waals surface area contributed by atoms with Gasteiger partial charge in [-0.3, -0.25) is 4.90 Å². The number of sulfone groups is 1. The Balaban J connectivity index is 1.78. The molecule has 3 heterocycles. The molecule has 0 N–H and O–H groups in total. The highest BCUT2D eigenvalue weighted by molar-refractivity contribution is 7.90. The van der Waals surface area contributed by atoms with Crippen LogP contribution in [0.3, 0.4) is 0 Å². The van der Waals surface area contributed by atoms with E-state index in [2.05, 4.69) is 21.8 Å². The van der Waals surface area contributed by atoms with Crippen LogP contribution in [-0.4, -0.2) is 94.5 Å². The predicted octanol–water partition coefficient (Wildman–Crippen LogP) is 0.276. The van der Waals surface area contributed by atoms with Gasteiger partial charge in [0.1, 0.15) is 4.90 Å². The molecule has 0 amide bonds. The molecule has 27 heavy (non-hydrogen) atoms. The third-order valence-corrected chi connectivity index (χ3v) is 8.24. The first kappa shape index (κ1) is 20.7. The first-order chi connectivity index (χ1) is 12.7. The van der Waals surface area contributed by atoms with Crippen LogP contribution >= 0.6 is 0 Å². The average molecular weight is 417 g/mol. The van der Waals surface area contributed by atoms with E-state index in [1.165, 1.54) is 12.1 Å². The smallest absolute Gasteiger partial charge is 0.244 e. The lowest BCUT2D eigenvalue weighted by atomic mass is 10.1. The van der Waals surface area contributed by atoms with Gasteiger partial charge in [0.05, 0.1) is 0 Å². The Morgan fingerprint density at radius 3 is 2.30 bits per heavy atom. The summed E-state index contributed by atoms with van der Waals surface area (Å²) in [6, 6.07) is 2.83. The van der Waals surface area contributed by atoms with E-state index in [1.807, 2.05) is 0 Å². The normalized spacial score (nSPS) is 24.6. The second kappa shape index (κ2) is 8.12. The zero-order chi connectivity index (χ0) is 19.7. The molecule has 10 heteroatoms. The minimum atomic E-state index is -3.69. The van der Waals surface area contributed by atoms with Crippen LogP contribution in [0, 0.1) is 0 Å². The van der Waals surface area contributed by atoms with E-state index >= 15 is 0 Å². The van der Waals surface area contributed by atoms with Crippen LogP contribution in [0.2, 0.25) is 0 Å². The summed E-state index contributed by atoms with van der Waals surface area (Å²) in [7, 11) is -5.04. The average Bonchev–Trinajstić information content (AvgIpc) is 2.88. The monoisotopic (exact) mass is 416 g/mol. The van der Waals surface area contributed by atoms with Crippen molar-refractivity contribution < 1.29 is 16.8 Å². The summed E-state index contributed by atoms with van der Waals surface area (Å²) < 4.78 is 50.8. The number of pyridine rings is 1. The van der Waals surface area contributed by atoms with Gasteiger partial charge in [-0.05, 0) is 32.0 Å². The number of nitrogens with zero attached hydrogens (tertiary/aromatic N) is 4. The molecular weight excluding hydrogens is 388 g/mol. The lowest BCUT2D eigenvalue weighted by Crippen LogP contribution is -2.52. The van der Waals surface area contributed by atoms with E-state index in [0.29, 0.717) is 13.1 Å². The highest BCUT2D eigenvalue weighted by atomic mass is 32.2. The van der Waals surface area contributed by atoms with Crippen LogP contribution in [0.4, 0.5) is 0 Å². The van der Waals surface area contributed by atoms with Gasteiger partial charge in [0, 0.05) is 57.8 Å². The van der Waals surface area contributed by atoms with Gasteiger partial charge in [-0.1, -0.05) is 6.42 Å². The molecule has 0 bridgehead atoms. The number of likely N-dealkylation sites (N-methyl/N-ethyl adjacent to an activating group) is 1. The molecule has 0 aliphatic carbocycles. The van der Waals surface area contributed by atoms with Crippen LogP contribution in [-0.2, 0) is 19.9 Å². The van der Waals surface area contributed by atoms with Crippen molar-refractivity contribution in [1.82, 2.24) is 19.1 Å². The van der Waals surface area contributed by atoms with Crippen molar-refractivity contribution >= 4 is 19.9 Å².